The summed E-state index contributed by atoms with van der Waals surface area (Å²) in [7, 11) is 0. The molecule has 0 aliphatic carbocycles. The summed E-state index contributed by atoms with van der Waals surface area (Å²) < 4.78 is 2.67. The number of fused-ring (bicyclic) bond motifs is 1. The Kier molecular flexibility index (Phi) is 12.0. The number of rotatable bonds is 14. The van der Waals surface area contributed by atoms with Crippen LogP contribution in [0.4, 0.5) is 0 Å². The molecule has 4 heterocycles. The number of nitrogens with zero attached hydrogens (tertiary/aromatic N) is 4. The van der Waals surface area contributed by atoms with E-state index in [4.69, 9.17) is 5.73 Å². The third kappa shape index (κ3) is 8.23. The number of aliphatic imine (C=N–C) groups is 1. The second-order valence-electron chi connectivity index (χ2n) is 9.51. The van der Waals surface area contributed by atoms with Crippen molar-refractivity contribution in [2.24, 2.45) is 15.9 Å². The van der Waals surface area contributed by atoms with E-state index in [9.17, 15) is 34.3 Å². The Bertz CT molecular complexity index is 1460. The number of aliphatic carboxylic acids is 1. The molecule has 45 heavy (non-hydrogen) atoms. The molecule has 1 aromatic heterocycles. The molecule has 0 radical (unpaired) electrons. The van der Waals surface area contributed by atoms with Crippen molar-refractivity contribution < 1.29 is 34.3 Å². The van der Waals surface area contributed by atoms with Crippen LogP contribution >= 0.6 is 47.2 Å². The second-order valence-corrected chi connectivity index (χ2v) is 13.8. The molecule has 4 rings (SSSR count). The zero-order valence-corrected chi connectivity index (χ0v) is 27.3. The van der Waals surface area contributed by atoms with Gasteiger partial charge in [0, 0.05) is 46.2 Å². The molecular formula is C25H31N9O7S4. The highest BCUT2D eigenvalue weighted by atomic mass is 32.2. The van der Waals surface area contributed by atoms with Gasteiger partial charge in [0.1, 0.15) is 23.2 Å². The molecule has 0 saturated carbocycles. The molecule has 20 heteroatoms. The van der Waals surface area contributed by atoms with Gasteiger partial charge in [-0.25, -0.2) is 9.79 Å². The summed E-state index contributed by atoms with van der Waals surface area (Å²) in [6.45, 7) is 3.71. The normalized spacial score (nSPS) is 21.6. The molecule has 3 aliphatic rings. The van der Waals surface area contributed by atoms with Gasteiger partial charge in [-0.15, -0.1) is 11.8 Å². The van der Waals surface area contributed by atoms with E-state index in [0.29, 0.717) is 35.1 Å². The predicted molar refractivity (Wildman–Crippen MR) is 172 cm³/mol. The molecule has 3 aliphatic heterocycles. The number of carboxylic acids is 1. The van der Waals surface area contributed by atoms with Crippen LogP contribution < -0.4 is 26.4 Å². The Hall–Kier alpha value is -3.46. The van der Waals surface area contributed by atoms with Crippen molar-refractivity contribution in [1.29, 1.82) is 0 Å². The number of carboxylic acid groups (broad SMARTS) is 1. The van der Waals surface area contributed by atoms with Crippen molar-refractivity contribution in [2.75, 3.05) is 18.1 Å². The van der Waals surface area contributed by atoms with Gasteiger partial charge in [-0.05, 0) is 31.0 Å². The number of carbonyl (C=O) groups is 5. The van der Waals surface area contributed by atoms with E-state index in [1.54, 1.807) is 26.1 Å². The van der Waals surface area contributed by atoms with Crippen LogP contribution in [-0.4, -0.2) is 102 Å². The Morgan fingerprint density at radius 3 is 2.78 bits per heavy atom. The minimum Gasteiger partial charge on any atom is -0.477 e. The zero-order chi connectivity index (χ0) is 32.7. The lowest BCUT2D eigenvalue weighted by Crippen LogP contribution is -2.71. The Labute approximate surface area is 274 Å². The molecule has 0 bridgehead atoms. The van der Waals surface area contributed by atoms with Crippen LogP contribution in [0.1, 0.15) is 26.0 Å². The van der Waals surface area contributed by atoms with Gasteiger partial charge in [0.15, 0.2) is 11.3 Å². The number of amidine groups is 1. The molecular weight excluding hydrogens is 667 g/mol. The van der Waals surface area contributed by atoms with E-state index in [1.165, 1.54) is 35.3 Å². The SMILES string of the molecule is CCC(=O)N[C@@H](C)C(=O)NCCSCc1ncccc1SC1=C(C(=O)O)N2C(=O)[C@@H](NC(=O)/C(=N\O)C3=NC(N)SN3)[C@H]2SC1. The molecule has 0 spiro atoms. The quantitative estimate of drug-likeness (QED) is 0.0334. The first-order chi connectivity index (χ1) is 21.5. The Morgan fingerprint density at radius 1 is 1.33 bits per heavy atom. The van der Waals surface area contributed by atoms with Gasteiger partial charge >= 0.3 is 5.97 Å². The van der Waals surface area contributed by atoms with Gasteiger partial charge in [-0.3, -0.25) is 34.8 Å². The van der Waals surface area contributed by atoms with Crippen LogP contribution in [0.5, 0.6) is 0 Å². The van der Waals surface area contributed by atoms with E-state index >= 15 is 0 Å². The van der Waals surface area contributed by atoms with Gasteiger partial charge < -0.3 is 31.0 Å². The summed E-state index contributed by atoms with van der Waals surface area (Å²) in [5.41, 5.74) is 5.04. The van der Waals surface area contributed by atoms with Gasteiger partial charge in [0.25, 0.3) is 11.8 Å². The van der Waals surface area contributed by atoms with Gasteiger partial charge in [0.2, 0.25) is 17.5 Å². The first kappa shape index (κ1) is 34.4. The highest BCUT2D eigenvalue weighted by Crippen LogP contribution is 2.45. The van der Waals surface area contributed by atoms with Crippen molar-refractivity contribution in [3.63, 3.8) is 0 Å². The number of oxime groups is 1. The summed E-state index contributed by atoms with van der Waals surface area (Å²) in [6.07, 6.45) is 1.93. The summed E-state index contributed by atoms with van der Waals surface area (Å²) in [5, 5.41) is 29.6. The van der Waals surface area contributed by atoms with Crippen LogP contribution in [0.3, 0.4) is 0 Å². The van der Waals surface area contributed by atoms with Crippen molar-refractivity contribution in [3.8, 4) is 0 Å². The summed E-state index contributed by atoms with van der Waals surface area (Å²) >= 11 is 5.03. The fraction of sp³-hybridized carbons (Fsp3) is 0.440. The standard InChI is InChI=1S/C25H31N9O7S4/c1-3-15(35)29-11(2)20(36)28-7-8-42-9-12-13(5-4-6-27-12)44-14-10-43-23-17(22(38)34(23)18(14)24(39)40)30-21(37)16(32-41)19-31-25(26)45-33-19/h4-6,11,17,23,25,41H,3,7-10,26H2,1-2H3,(H,28,36)(H,29,35)(H,30,37)(H,31,33)(H,39,40)/b32-16-/t11-,17+,23+,25?/m0/s1. The van der Waals surface area contributed by atoms with E-state index in [1.807, 2.05) is 6.07 Å². The van der Waals surface area contributed by atoms with E-state index in [-0.39, 0.29) is 29.1 Å². The summed E-state index contributed by atoms with van der Waals surface area (Å²) in [6, 6.07) is 1.88. The second kappa shape index (κ2) is 15.7. The fourth-order valence-electron chi connectivity index (χ4n) is 4.22. The number of hydrogen-bond acceptors (Lipinski definition) is 15. The smallest absolute Gasteiger partial charge is 0.353 e. The van der Waals surface area contributed by atoms with Crippen molar-refractivity contribution in [1.82, 2.24) is 30.6 Å². The summed E-state index contributed by atoms with van der Waals surface area (Å²) in [4.78, 5) is 72.6. The summed E-state index contributed by atoms with van der Waals surface area (Å²) in [5.74, 6) is -1.97. The Morgan fingerprint density at radius 2 is 2.11 bits per heavy atom. The van der Waals surface area contributed by atoms with Crippen molar-refractivity contribution >= 4 is 88.4 Å². The molecule has 4 amide bonds. The lowest BCUT2D eigenvalue weighted by Gasteiger charge is -2.49. The maximum Gasteiger partial charge on any atom is 0.353 e. The highest BCUT2D eigenvalue weighted by Gasteiger charge is 2.54. The van der Waals surface area contributed by atoms with Gasteiger partial charge in [-0.2, -0.15) is 11.8 Å². The first-order valence-corrected chi connectivity index (χ1v) is 17.4. The average Bonchev–Trinajstić information content (AvgIpc) is 3.45. The van der Waals surface area contributed by atoms with E-state index in [2.05, 4.69) is 35.8 Å². The van der Waals surface area contributed by atoms with Crippen LogP contribution in [-0.2, 0) is 29.7 Å². The van der Waals surface area contributed by atoms with Crippen LogP contribution in [0, 0.1) is 0 Å². The van der Waals surface area contributed by atoms with E-state index in [0.717, 1.165) is 21.7 Å². The van der Waals surface area contributed by atoms with E-state index < -0.39 is 46.5 Å². The topological polar surface area (TPSA) is 241 Å². The van der Waals surface area contributed by atoms with Crippen molar-refractivity contribution in [3.05, 3.63) is 34.6 Å². The molecule has 0 aromatic carbocycles. The third-order valence-electron chi connectivity index (χ3n) is 6.45. The van der Waals surface area contributed by atoms with Crippen LogP contribution in [0.15, 0.2) is 44.0 Å². The minimum absolute atomic E-state index is 0.0422. The number of carbonyl (C=O) groups excluding carboxylic acids is 4. The lowest BCUT2D eigenvalue weighted by atomic mass is 10.0. The maximum absolute atomic E-state index is 13.1. The molecule has 1 aromatic rings. The number of hydrogen-bond donors (Lipinski definition) is 7. The maximum atomic E-state index is 13.1. The molecule has 1 unspecified atom stereocenters. The van der Waals surface area contributed by atoms with Crippen LogP contribution in [0.2, 0.25) is 0 Å². The average molecular weight is 698 g/mol. The van der Waals surface area contributed by atoms with Crippen molar-refractivity contribution in [2.45, 2.75) is 53.9 Å². The molecule has 1 saturated heterocycles. The number of amides is 4. The molecule has 8 N–H and O–H groups in total. The van der Waals surface area contributed by atoms with Crippen LogP contribution in [0.25, 0.3) is 0 Å². The predicted octanol–water partition coefficient (Wildman–Crippen LogP) is -0.144. The fourth-order valence-corrected chi connectivity index (χ4v) is 8.24. The molecule has 16 nitrogen and oxygen atoms in total. The number of pyridine rings is 1. The number of nitrogens with one attached hydrogen (secondary N) is 4. The highest BCUT2D eigenvalue weighted by molar-refractivity contribution is 8.06. The largest absolute Gasteiger partial charge is 0.477 e. The number of thioether (sulfide) groups is 3. The monoisotopic (exact) mass is 697 g/mol. The number of aromatic nitrogens is 1. The Balaban J connectivity index is 1.36. The first-order valence-electron chi connectivity index (χ1n) is 13.5. The van der Waals surface area contributed by atoms with Gasteiger partial charge in [0.05, 0.1) is 5.69 Å². The molecule has 1 fully saturated rings. The zero-order valence-electron chi connectivity index (χ0n) is 24.0. The molecule has 4 atom stereocenters. The lowest BCUT2D eigenvalue weighted by molar-refractivity contribution is -0.150. The number of nitrogens with two attached hydrogens (primary N) is 1. The molecule has 242 valence electrons. The number of β-lactam (4-membered cyclic amide) rings is 1. The third-order valence-corrected chi connectivity index (χ3v) is 10.7. The van der Waals surface area contributed by atoms with Gasteiger partial charge in [-0.1, -0.05) is 23.8 Å². The minimum atomic E-state index is -1.28.